The van der Waals surface area contributed by atoms with Crippen LogP contribution in [0.3, 0.4) is 0 Å². The van der Waals surface area contributed by atoms with Crippen molar-refractivity contribution in [2.24, 2.45) is 0 Å². The Kier molecular flexibility index (Phi) is 5.42. The summed E-state index contributed by atoms with van der Waals surface area (Å²) in [7, 11) is 3.27. The lowest BCUT2D eigenvalue weighted by Gasteiger charge is -2.10. The Labute approximate surface area is 100 Å². The number of ether oxygens (including phenoxy) is 1. The standard InChI is InChI=1S/C12H17FN2O2/c1-14-7-3-4-12(16)15-10-6-5-9(13)8-11(10)17-2/h5-6,8,14H,3-4,7H2,1-2H3,(H,15,16). The molecule has 0 aliphatic heterocycles. The fourth-order valence-electron chi connectivity index (χ4n) is 1.41. The summed E-state index contributed by atoms with van der Waals surface area (Å²) in [6.07, 6.45) is 1.17. The Bertz CT molecular complexity index is 383. The van der Waals surface area contributed by atoms with Crippen LogP contribution < -0.4 is 15.4 Å². The quantitative estimate of drug-likeness (QED) is 0.745. The Morgan fingerprint density at radius 2 is 2.24 bits per heavy atom. The van der Waals surface area contributed by atoms with E-state index < -0.39 is 5.82 Å². The minimum atomic E-state index is -0.393. The second-order valence-corrected chi connectivity index (χ2v) is 3.60. The summed E-state index contributed by atoms with van der Waals surface area (Å²) in [4.78, 5) is 11.6. The number of carbonyl (C=O) groups excluding carboxylic acids is 1. The van der Waals surface area contributed by atoms with Gasteiger partial charge in [-0.05, 0) is 32.1 Å². The molecule has 0 unspecified atom stereocenters. The van der Waals surface area contributed by atoms with Gasteiger partial charge in [-0.15, -0.1) is 0 Å². The van der Waals surface area contributed by atoms with Gasteiger partial charge in [0, 0.05) is 12.5 Å². The zero-order chi connectivity index (χ0) is 12.7. The number of benzene rings is 1. The maximum absolute atomic E-state index is 12.9. The first kappa shape index (κ1) is 13.4. The summed E-state index contributed by atoms with van der Waals surface area (Å²) in [5.41, 5.74) is 0.489. The van der Waals surface area contributed by atoms with E-state index in [1.54, 1.807) is 0 Å². The molecule has 0 fully saturated rings. The van der Waals surface area contributed by atoms with Gasteiger partial charge < -0.3 is 15.4 Å². The molecule has 1 aromatic rings. The lowest BCUT2D eigenvalue weighted by atomic mass is 10.2. The van der Waals surface area contributed by atoms with Crippen molar-refractivity contribution in [1.82, 2.24) is 5.32 Å². The first-order chi connectivity index (χ1) is 8.17. The van der Waals surface area contributed by atoms with Crippen LogP contribution >= 0.6 is 0 Å². The van der Waals surface area contributed by atoms with Crippen LogP contribution in [0.15, 0.2) is 18.2 Å². The van der Waals surface area contributed by atoms with Gasteiger partial charge >= 0.3 is 0 Å². The minimum absolute atomic E-state index is 0.106. The van der Waals surface area contributed by atoms with Crippen LogP contribution in [0.25, 0.3) is 0 Å². The molecule has 17 heavy (non-hydrogen) atoms. The first-order valence-electron chi connectivity index (χ1n) is 5.45. The van der Waals surface area contributed by atoms with E-state index in [2.05, 4.69) is 10.6 Å². The van der Waals surface area contributed by atoms with E-state index in [0.29, 0.717) is 17.9 Å². The molecule has 0 saturated heterocycles. The van der Waals surface area contributed by atoms with Gasteiger partial charge in [0.05, 0.1) is 12.8 Å². The summed E-state index contributed by atoms with van der Waals surface area (Å²) < 4.78 is 17.9. The van der Waals surface area contributed by atoms with Gasteiger partial charge in [-0.25, -0.2) is 4.39 Å². The second kappa shape index (κ2) is 6.85. The molecule has 2 N–H and O–H groups in total. The molecule has 4 nitrogen and oxygen atoms in total. The van der Waals surface area contributed by atoms with Gasteiger partial charge in [0.15, 0.2) is 0 Å². The van der Waals surface area contributed by atoms with E-state index in [-0.39, 0.29) is 5.91 Å². The van der Waals surface area contributed by atoms with Crippen molar-refractivity contribution in [3.63, 3.8) is 0 Å². The third-order valence-electron chi connectivity index (χ3n) is 2.27. The summed E-state index contributed by atoms with van der Waals surface area (Å²) in [6.45, 7) is 0.786. The van der Waals surface area contributed by atoms with Gasteiger partial charge in [-0.1, -0.05) is 0 Å². The topological polar surface area (TPSA) is 50.4 Å². The fraction of sp³-hybridized carbons (Fsp3) is 0.417. The zero-order valence-corrected chi connectivity index (χ0v) is 10.0. The second-order valence-electron chi connectivity index (χ2n) is 3.60. The van der Waals surface area contributed by atoms with Crippen molar-refractivity contribution in [3.8, 4) is 5.75 Å². The maximum atomic E-state index is 12.9. The molecular weight excluding hydrogens is 223 g/mol. The number of nitrogens with one attached hydrogen (secondary N) is 2. The number of amides is 1. The van der Waals surface area contributed by atoms with Gasteiger partial charge in [0.1, 0.15) is 11.6 Å². The number of halogens is 1. The molecule has 0 saturated carbocycles. The van der Waals surface area contributed by atoms with Crippen LogP contribution in [-0.4, -0.2) is 26.6 Å². The Hall–Kier alpha value is -1.62. The van der Waals surface area contributed by atoms with Gasteiger partial charge in [-0.3, -0.25) is 4.79 Å². The molecular formula is C12H17FN2O2. The molecule has 5 heteroatoms. The molecule has 1 rings (SSSR count). The van der Waals surface area contributed by atoms with Crippen LogP contribution in [0.1, 0.15) is 12.8 Å². The van der Waals surface area contributed by atoms with Gasteiger partial charge in [-0.2, -0.15) is 0 Å². The van der Waals surface area contributed by atoms with Crippen LogP contribution in [-0.2, 0) is 4.79 Å². The van der Waals surface area contributed by atoms with Crippen molar-refractivity contribution in [2.75, 3.05) is 26.0 Å². The molecule has 0 aliphatic rings. The predicted octanol–water partition coefficient (Wildman–Crippen LogP) is 1.77. The highest BCUT2D eigenvalue weighted by atomic mass is 19.1. The monoisotopic (exact) mass is 240 g/mol. The maximum Gasteiger partial charge on any atom is 0.224 e. The van der Waals surface area contributed by atoms with E-state index in [4.69, 9.17) is 4.74 Å². The third-order valence-corrected chi connectivity index (χ3v) is 2.27. The van der Waals surface area contributed by atoms with E-state index in [0.717, 1.165) is 13.0 Å². The van der Waals surface area contributed by atoms with Crippen LogP contribution in [0.4, 0.5) is 10.1 Å². The fourth-order valence-corrected chi connectivity index (χ4v) is 1.41. The minimum Gasteiger partial charge on any atom is -0.494 e. The molecule has 0 spiro atoms. The Balaban J connectivity index is 2.58. The zero-order valence-electron chi connectivity index (χ0n) is 10.0. The summed E-state index contributed by atoms with van der Waals surface area (Å²) in [5.74, 6) is -0.174. The number of methoxy groups -OCH3 is 1. The number of hydrogen-bond donors (Lipinski definition) is 2. The summed E-state index contributed by atoms with van der Waals surface area (Å²) >= 11 is 0. The van der Waals surface area contributed by atoms with E-state index in [1.807, 2.05) is 7.05 Å². The van der Waals surface area contributed by atoms with E-state index >= 15 is 0 Å². The number of anilines is 1. The number of hydrogen-bond acceptors (Lipinski definition) is 3. The van der Waals surface area contributed by atoms with Gasteiger partial charge in [0.25, 0.3) is 0 Å². The average Bonchev–Trinajstić information content (AvgIpc) is 2.32. The highest BCUT2D eigenvalue weighted by Gasteiger charge is 2.08. The molecule has 94 valence electrons. The normalized spacial score (nSPS) is 10.1. The van der Waals surface area contributed by atoms with E-state index in [1.165, 1.54) is 25.3 Å². The molecule has 0 atom stereocenters. The largest absolute Gasteiger partial charge is 0.494 e. The van der Waals surface area contributed by atoms with Crippen LogP contribution in [0.5, 0.6) is 5.75 Å². The lowest BCUT2D eigenvalue weighted by Crippen LogP contribution is -2.15. The lowest BCUT2D eigenvalue weighted by molar-refractivity contribution is -0.116. The predicted molar refractivity (Wildman–Crippen MR) is 64.7 cm³/mol. The Morgan fingerprint density at radius 3 is 2.88 bits per heavy atom. The Morgan fingerprint density at radius 1 is 1.47 bits per heavy atom. The smallest absolute Gasteiger partial charge is 0.224 e. The van der Waals surface area contributed by atoms with Crippen molar-refractivity contribution in [2.45, 2.75) is 12.8 Å². The third kappa shape index (κ3) is 4.40. The van der Waals surface area contributed by atoms with Crippen molar-refractivity contribution >= 4 is 11.6 Å². The van der Waals surface area contributed by atoms with Crippen molar-refractivity contribution < 1.29 is 13.9 Å². The molecule has 0 bridgehead atoms. The molecule has 0 aromatic heterocycles. The molecule has 0 heterocycles. The van der Waals surface area contributed by atoms with Crippen LogP contribution in [0.2, 0.25) is 0 Å². The van der Waals surface area contributed by atoms with E-state index in [9.17, 15) is 9.18 Å². The highest BCUT2D eigenvalue weighted by Crippen LogP contribution is 2.24. The SMILES string of the molecule is CNCCCC(=O)Nc1ccc(F)cc1OC. The van der Waals surface area contributed by atoms with Crippen LogP contribution in [0, 0.1) is 5.82 Å². The van der Waals surface area contributed by atoms with Gasteiger partial charge in [0.2, 0.25) is 5.91 Å². The summed E-state index contributed by atoms with van der Waals surface area (Å²) in [6, 6.07) is 4.01. The van der Waals surface area contributed by atoms with Crippen molar-refractivity contribution in [1.29, 1.82) is 0 Å². The molecule has 0 radical (unpaired) electrons. The molecule has 0 aliphatic carbocycles. The molecule has 1 aromatic carbocycles. The number of rotatable bonds is 6. The first-order valence-corrected chi connectivity index (χ1v) is 5.45. The van der Waals surface area contributed by atoms with Crippen molar-refractivity contribution in [3.05, 3.63) is 24.0 Å². The highest BCUT2D eigenvalue weighted by molar-refractivity contribution is 5.92. The number of carbonyl (C=O) groups is 1. The molecule has 1 amide bonds. The average molecular weight is 240 g/mol. The summed E-state index contributed by atoms with van der Waals surface area (Å²) in [5, 5.41) is 5.65.